The van der Waals surface area contributed by atoms with Gasteiger partial charge >= 0.3 is 0 Å². The topological polar surface area (TPSA) is 48.2 Å². The smallest absolute Gasteiger partial charge is 0.167 e. The average Bonchev–Trinajstić information content (AvgIpc) is 2.04. The van der Waals surface area contributed by atoms with Crippen LogP contribution < -0.4 is 5.32 Å². The number of rotatable bonds is 3. The summed E-state index contributed by atoms with van der Waals surface area (Å²) in [6.45, 7) is 9.08. The van der Waals surface area contributed by atoms with Crippen LogP contribution in [0.25, 0.3) is 0 Å². The Morgan fingerprint density at radius 1 is 1.50 bits per heavy atom. The van der Waals surface area contributed by atoms with Crippen LogP contribution in [0.3, 0.4) is 0 Å². The van der Waals surface area contributed by atoms with Crippen molar-refractivity contribution in [2.24, 2.45) is 4.99 Å². The van der Waals surface area contributed by atoms with E-state index in [2.05, 4.69) is 17.0 Å². The third kappa shape index (κ3) is 3.71. The molecule has 2 N–H and O–H groups in total. The highest BCUT2D eigenvalue weighted by Gasteiger charge is 1.97. The fraction of sp³-hybridized carbons (Fsp3) is 0.333. The summed E-state index contributed by atoms with van der Waals surface area (Å²) in [5, 5.41) is 10.3. The predicted octanol–water partition coefficient (Wildman–Crippen LogP) is 2.08. The molecular formula is C9H15N3. The van der Waals surface area contributed by atoms with Crippen LogP contribution in [0, 0.1) is 5.41 Å². The third-order valence-corrected chi connectivity index (χ3v) is 1.22. The van der Waals surface area contributed by atoms with Crippen molar-refractivity contribution in [2.75, 3.05) is 0 Å². The summed E-state index contributed by atoms with van der Waals surface area (Å²) in [4.78, 5) is 3.51. The number of aliphatic imine (C=N–C) groups is 1. The van der Waals surface area contributed by atoms with E-state index in [4.69, 9.17) is 5.41 Å². The second-order valence-corrected chi connectivity index (χ2v) is 2.58. The summed E-state index contributed by atoms with van der Waals surface area (Å²) in [6, 6.07) is 0. The van der Waals surface area contributed by atoms with Crippen LogP contribution in [0.2, 0.25) is 0 Å². The summed E-state index contributed by atoms with van der Waals surface area (Å²) >= 11 is 0. The van der Waals surface area contributed by atoms with Crippen molar-refractivity contribution >= 4 is 12.6 Å². The van der Waals surface area contributed by atoms with Crippen LogP contribution in [0.15, 0.2) is 28.5 Å². The Morgan fingerprint density at radius 2 is 2.08 bits per heavy atom. The quantitative estimate of drug-likeness (QED) is 0.488. The van der Waals surface area contributed by atoms with Gasteiger partial charge in [-0.05, 0) is 33.7 Å². The van der Waals surface area contributed by atoms with E-state index in [1.165, 1.54) is 0 Å². The summed E-state index contributed by atoms with van der Waals surface area (Å²) in [6.07, 6.45) is 3.62. The van der Waals surface area contributed by atoms with Crippen LogP contribution in [0.5, 0.6) is 0 Å². The largest absolute Gasteiger partial charge is 0.359 e. The van der Waals surface area contributed by atoms with Crippen molar-refractivity contribution in [3.8, 4) is 0 Å². The van der Waals surface area contributed by atoms with Crippen LogP contribution in [-0.2, 0) is 0 Å². The lowest BCUT2D eigenvalue weighted by Crippen LogP contribution is -2.12. The van der Waals surface area contributed by atoms with E-state index in [-0.39, 0.29) is 5.84 Å². The van der Waals surface area contributed by atoms with Gasteiger partial charge in [-0.3, -0.25) is 5.41 Å². The van der Waals surface area contributed by atoms with Gasteiger partial charge in [-0.1, -0.05) is 11.6 Å². The van der Waals surface area contributed by atoms with E-state index in [9.17, 15) is 0 Å². The Hall–Kier alpha value is -1.38. The molecule has 0 aromatic heterocycles. The lowest BCUT2D eigenvalue weighted by molar-refractivity contribution is 1.08. The van der Waals surface area contributed by atoms with E-state index >= 15 is 0 Å². The van der Waals surface area contributed by atoms with E-state index in [1.807, 2.05) is 27.0 Å². The zero-order valence-electron chi connectivity index (χ0n) is 7.81. The molecule has 0 fully saturated rings. The SMILES string of the molecule is C=NC(=N)/C(=C/C)NC=C(C)C. The average molecular weight is 165 g/mol. The molecule has 0 aromatic carbocycles. The third-order valence-electron chi connectivity index (χ3n) is 1.22. The second kappa shape index (κ2) is 5.29. The maximum absolute atomic E-state index is 7.35. The Kier molecular flexibility index (Phi) is 4.69. The van der Waals surface area contributed by atoms with Gasteiger partial charge in [0.05, 0.1) is 5.70 Å². The van der Waals surface area contributed by atoms with E-state index in [1.54, 1.807) is 6.08 Å². The standard InChI is InChI=1S/C9H15N3/c1-5-8(9(10)11-4)12-6-7(2)3/h5-6,10,12H,4H2,1-3H3/b8-5-,10-9?. The molecule has 0 aliphatic heterocycles. The number of nitrogens with one attached hydrogen (secondary N) is 2. The van der Waals surface area contributed by atoms with Gasteiger partial charge in [0.2, 0.25) is 0 Å². The van der Waals surface area contributed by atoms with Crippen LogP contribution in [-0.4, -0.2) is 12.6 Å². The molecule has 0 saturated carbocycles. The zero-order chi connectivity index (χ0) is 9.56. The van der Waals surface area contributed by atoms with E-state index in [0.717, 1.165) is 5.57 Å². The number of hydrogen-bond donors (Lipinski definition) is 2. The molecule has 0 bridgehead atoms. The Bertz CT molecular complexity index is 232. The molecule has 0 rings (SSSR count). The summed E-state index contributed by atoms with van der Waals surface area (Å²) in [5.74, 6) is 0.162. The van der Waals surface area contributed by atoms with Crippen LogP contribution >= 0.6 is 0 Å². The lowest BCUT2D eigenvalue weighted by atomic mass is 10.3. The minimum absolute atomic E-state index is 0.162. The highest BCUT2D eigenvalue weighted by molar-refractivity contribution is 5.98. The van der Waals surface area contributed by atoms with Gasteiger partial charge in [-0.25, -0.2) is 4.99 Å². The normalized spacial score (nSPS) is 10.4. The Labute approximate surface area is 73.4 Å². The number of amidine groups is 1. The van der Waals surface area contributed by atoms with Crippen molar-refractivity contribution in [1.82, 2.24) is 5.32 Å². The van der Waals surface area contributed by atoms with Gasteiger partial charge in [0.15, 0.2) is 5.84 Å². The first kappa shape index (κ1) is 10.6. The summed E-state index contributed by atoms with van der Waals surface area (Å²) < 4.78 is 0. The molecule has 3 nitrogen and oxygen atoms in total. The highest BCUT2D eigenvalue weighted by Crippen LogP contribution is 1.94. The van der Waals surface area contributed by atoms with Gasteiger partial charge in [0.25, 0.3) is 0 Å². The van der Waals surface area contributed by atoms with Gasteiger partial charge in [0, 0.05) is 0 Å². The van der Waals surface area contributed by atoms with Gasteiger partial charge < -0.3 is 5.32 Å². The highest BCUT2D eigenvalue weighted by atomic mass is 14.9. The Balaban J connectivity index is 4.31. The molecule has 0 aliphatic carbocycles. The molecule has 66 valence electrons. The Morgan fingerprint density at radius 3 is 2.42 bits per heavy atom. The van der Waals surface area contributed by atoms with Crippen LogP contribution in [0.1, 0.15) is 20.8 Å². The van der Waals surface area contributed by atoms with Gasteiger partial charge in [-0.2, -0.15) is 0 Å². The summed E-state index contributed by atoms with van der Waals surface area (Å²) in [5.41, 5.74) is 1.82. The van der Waals surface area contributed by atoms with Crippen molar-refractivity contribution < 1.29 is 0 Å². The molecule has 0 unspecified atom stereocenters. The van der Waals surface area contributed by atoms with E-state index in [0.29, 0.717) is 5.70 Å². The summed E-state index contributed by atoms with van der Waals surface area (Å²) in [7, 11) is 0. The maximum atomic E-state index is 7.35. The minimum Gasteiger partial charge on any atom is -0.359 e. The fourth-order valence-corrected chi connectivity index (χ4v) is 0.596. The molecule has 0 heterocycles. The van der Waals surface area contributed by atoms with Crippen molar-refractivity contribution in [1.29, 1.82) is 5.41 Å². The van der Waals surface area contributed by atoms with E-state index < -0.39 is 0 Å². The molecule has 0 radical (unpaired) electrons. The minimum atomic E-state index is 0.162. The first-order valence-corrected chi connectivity index (χ1v) is 3.73. The number of hydrogen-bond acceptors (Lipinski definition) is 2. The molecule has 3 heteroatoms. The molecule has 0 amide bonds. The zero-order valence-corrected chi connectivity index (χ0v) is 7.81. The molecule has 0 spiro atoms. The predicted molar refractivity (Wildman–Crippen MR) is 53.6 cm³/mol. The molecule has 12 heavy (non-hydrogen) atoms. The van der Waals surface area contributed by atoms with Gasteiger partial charge in [-0.15, -0.1) is 0 Å². The monoisotopic (exact) mass is 165 g/mol. The molecular weight excluding hydrogens is 150 g/mol. The molecule has 0 aromatic rings. The van der Waals surface area contributed by atoms with Crippen molar-refractivity contribution in [3.05, 3.63) is 23.5 Å². The maximum Gasteiger partial charge on any atom is 0.167 e. The first-order chi connectivity index (χ1) is 5.61. The van der Waals surface area contributed by atoms with Gasteiger partial charge in [0.1, 0.15) is 0 Å². The second-order valence-electron chi connectivity index (χ2n) is 2.58. The molecule has 0 saturated heterocycles. The van der Waals surface area contributed by atoms with Crippen molar-refractivity contribution in [2.45, 2.75) is 20.8 Å². The first-order valence-electron chi connectivity index (χ1n) is 3.73. The lowest BCUT2D eigenvalue weighted by Gasteiger charge is -2.03. The van der Waals surface area contributed by atoms with Crippen molar-refractivity contribution in [3.63, 3.8) is 0 Å². The van der Waals surface area contributed by atoms with Crippen LogP contribution in [0.4, 0.5) is 0 Å². The number of nitrogens with zero attached hydrogens (tertiary/aromatic N) is 1. The molecule has 0 aliphatic rings. The number of allylic oxidation sites excluding steroid dienone is 2. The molecule has 0 atom stereocenters. The fourth-order valence-electron chi connectivity index (χ4n) is 0.596.